The Labute approximate surface area is 107 Å². The highest BCUT2D eigenvalue weighted by Crippen LogP contribution is 2.12. The topological polar surface area (TPSA) is 56.3 Å². The number of rotatable bonds is 7. The average Bonchev–Trinajstić information content (AvgIpc) is 2.28. The van der Waals surface area contributed by atoms with Crippen LogP contribution in [0, 0.1) is 0 Å². The summed E-state index contributed by atoms with van der Waals surface area (Å²) in [4.78, 5) is 8.32. The van der Waals surface area contributed by atoms with E-state index in [9.17, 15) is 0 Å². The third-order valence-electron chi connectivity index (χ3n) is 1.88. The van der Waals surface area contributed by atoms with E-state index in [0.717, 1.165) is 0 Å². The fourth-order valence-corrected chi connectivity index (χ4v) is 1.42. The number of hydrogen-bond acceptors (Lipinski definition) is 5. The van der Waals surface area contributed by atoms with E-state index in [1.54, 1.807) is 19.5 Å². The molecular formula is C11H18ClN3O2. The lowest BCUT2D eigenvalue weighted by Crippen LogP contribution is -2.27. The van der Waals surface area contributed by atoms with Gasteiger partial charge < -0.3 is 14.8 Å². The maximum Gasteiger partial charge on any atom is 0.234 e. The first-order chi connectivity index (χ1) is 8.15. The molecule has 1 aromatic heterocycles. The summed E-state index contributed by atoms with van der Waals surface area (Å²) in [6.07, 6.45) is 3.28. The van der Waals surface area contributed by atoms with Crippen molar-refractivity contribution >= 4 is 17.4 Å². The summed E-state index contributed by atoms with van der Waals surface area (Å²) in [6.45, 7) is 4.39. The third kappa shape index (κ3) is 5.19. The van der Waals surface area contributed by atoms with Crippen LogP contribution in [0.3, 0.4) is 0 Å². The maximum absolute atomic E-state index is 5.80. The highest BCUT2D eigenvalue weighted by Gasteiger charge is 2.08. The molecule has 0 fully saturated rings. The number of ether oxygens (including phenoxy) is 2. The van der Waals surface area contributed by atoms with Gasteiger partial charge in [-0.15, -0.1) is 11.6 Å². The van der Waals surface area contributed by atoms with E-state index >= 15 is 0 Å². The molecule has 0 saturated heterocycles. The number of alkyl halides is 1. The van der Waals surface area contributed by atoms with Crippen molar-refractivity contribution in [2.45, 2.75) is 26.0 Å². The molecule has 1 atom stereocenters. The highest BCUT2D eigenvalue weighted by atomic mass is 35.5. The van der Waals surface area contributed by atoms with Crippen LogP contribution in [0.1, 0.15) is 13.8 Å². The van der Waals surface area contributed by atoms with Gasteiger partial charge in [0.1, 0.15) is 5.82 Å². The molecule has 1 N–H and O–H groups in total. The standard InChI is InChI=1S/C11H18ClN3O2/c1-8(2)17-11-6-13-5-10(15-11)14-9(4-12)7-16-3/h5-6,8-9H,4,7H2,1-3H3,(H,14,15). The van der Waals surface area contributed by atoms with Crippen LogP contribution in [-0.4, -0.2) is 41.7 Å². The first-order valence-electron chi connectivity index (χ1n) is 5.45. The van der Waals surface area contributed by atoms with E-state index in [-0.39, 0.29) is 12.1 Å². The Balaban J connectivity index is 2.63. The summed E-state index contributed by atoms with van der Waals surface area (Å²) in [5, 5.41) is 3.13. The Morgan fingerprint density at radius 2 is 2.18 bits per heavy atom. The average molecular weight is 260 g/mol. The summed E-state index contributed by atoms with van der Waals surface area (Å²) in [5.74, 6) is 1.56. The fourth-order valence-electron chi connectivity index (χ4n) is 1.25. The summed E-state index contributed by atoms with van der Waals surface area (Å²) >= 11 is 5.80. The normalized spacial score (nSPS) is 12.5. The molecule has 0 saturated carbocycles. The molecule has 0 amide bonds. The number of anilines is 1. The lowest BCUT2D eigenvalue weighted by atomic mass is 10.3. The summed E-state index contributed by atoms with van der Waals surface area (Å²) in [6, 6.07) is 0.00488. The van der Waals surface area contributed by atoms with Crippen molar-refractivity contribution in [2.75, 3.05) is 24.9 Å². The van der Waals surface area contributed by atoms with E-state index in [2.05, 4.69) is 15.3 Å². The zero-order valence-electron chi connectivity index (χ0n) is 10.3. The minimum Gasteiger partial charge on any atom is -0.474 e. The molecule has 0 aliphatic carbocycles. The first kappa shape index (κ1) is 14.0. The van der Waals surface area contributed by atoms with Gasteiger partial charge in [0, 0.05) is 13.0 Å². The van der Waals surface area contributed by atoms with Crippen LogP contribution < -0.4 is 10.1 Å². The van der Waals surface area contributed by atoms with Gasteiger partial charge in [0.15, 0.2) is 0 Å². The molecule has 17 heavy (non-hydrogen) atoms. The van der Waals surface area contributed by atoms with E-state index < -0.39 is 0 Å². The third-order valence-corrected chi connectivity index (χ3v) is 2.25. The molecular weight excluding hydrogens is 242 g/mol. The van der Waals surface area contributed by atoms with Crippen LogP contribution in [0.15, 0.2) is 12.4 Å². The Hall–Kier alpha value is -1.07. The van der Waals surface area contributed by atoms with E-state index in [1.807, 2.05) is 13.8 Å². The molecule has 6 heteroatoms. The number of hydrogen-bond donors (Lipinski definition) is 1. The van der Waals surface area contributed by atoms with Crippen LogP contribution >= 0.6 is 11.6 Å². The predicted molar refractivity (Wildman–Crippen MR) is 67.8 cm³/mol. The van der Waals surface area contributed by atoms with E-state index in [4.69, 9.17) is 21.1 Å². The van der Waals surface area contributed by atoms with Gasteiger partial charge in [0.05, 0.1) is 31.1 Å². The van der Waals surface area contributed by atoms with Gasteiger partial charge in [-0.1, -0.05) is 0 Å². The molecule has 5 nitrogen and oxygen atoms in total. The second-order valence-corrected chi connectivity index (χ2v) is 4.17. The van der Waals surface area contributed by atoms with Gasteiger partial charge in [-0.2, -0.15) is 4.98 Å². The zero-order chi connectivity index (χ0) is 12.7. The van der Waals surface area contributed by atoms with Crippen molar-refractivity contribution in [2.24, 2.45) is 0 Å². The summed E-state index contributed by atoms with van der Waals surface area (Å²) < 4.78 is 10.5. The molecule has 0 aliphatic heterocycles. The van der Waals surface area contributed by atoms with Gasteiger partial charge >= 0.3 is 0 Å². The lowest BCUT2D eigenvalue weighted by Gasteiger charge is -2.16. The molecule has 1 rings (SSSR count). The van der Waals surface area contributed by atoms with Crippen molar-refractivity contribution in [3.63, 3.8) is 0 Å². The van der Waals surface area contributed by atoms with E-state index in [1.165, 1.54) is 0 Å². The van der Waals surface area contributed by atoms with Gasteiger partial charge in [-0.25, -0.2) is 0 Å². The Kier molecular flexibility index (Phi) is 6.00. The molecule has 1 aromatic rings. The number of nitrogens with one attached hydrogen (secondary N) is 1. The Morgan fingerprint density at radius 1 is 1.41 bits per heavy atom. The largest absolute Gasteiger partial charge is 0.474 e. The number of aromatic nitrogens is 2. The number of nitrogens with zero attached hydrogens (tertiary/aromatic N) is 2. The van der Waals surface area contributed by atoms with E-state index in [0.29, 0.717) is 24.2 Å². The molecule has 0 aliphatic rings. The Bertz CT molecular complexity index is 336. The molecule has 1 unspecified atom stereocenters. The van der Waals surface area contributed by atoms with Crippen molar-refractivity contribution in [1.82, 2.24) is 9.97 Å². The predicted octanol–water partition coefficient (Wildman–Crippen LogP) is 1.93. The van der Waals surface area contributed by atoms with Gasteiger partial charge in [-0.05, 0) is 13.8 Å². The van der Waals surface area contributed by atoms with Crippen LogP contribution in [-0.2, 0) is 4.74 Å². The van der Waals surface area contributed by atoms with Crippen LogP contribution in [0.25, 0.3) is 0 Å². The van der Waals surface area contributed by atoms with Crippen molar-refractivity contribution < 1.29 is 9.47 Å². The number of methoxy groups -OCH3 is 1. The maximum atomic E-state index is 5.80. The molecule has 1 heterocycles. The minimum atomic E-state index is 0.00488. The van der Waals surface area contributed by atoms with Crippen molar-refractivity contribution in [1.29, 1.82) is 0 Å². The molecule has 0 radical (unpaired) electrons. The molecule has 0 aromatic carbocycles. The molecule has 0 spiro atoms. The lowest BCUT2D eigenvalue weighted by molar-refractivity contribution is 0.191. The second-order valence-electron chi connectivity index (χ2n) is 3.86. The Morgan fingerprint density at radius 3 is 2.76 bits per heavy atom. The van der Waals surface area contributed by atoms with Crippen molar-refractivity contribution in [3.05, 3.63) is 12.4 Å². The second kappa shape index (κ2) is 7.29. The van der Waals surface area contributed by atoms with Crippen LogP contribution in [0.2, 0.25) is 0 Å². The minimum absolute atomic E-state index is 0.00488. The van der Waals surface area contributed by atoms with Gasteiger partial charge in [-0.3, -0.25) is 4.98 Å². The van der Waals surface area contributed by atoms with Crippen LogP contribution in [0.5, 0.6) is 5.88 Å². The van der Waals surface area contributed by atoms with Crippen molar-refractivity contribution in [3.8, 4) is 5.88 Å². The van der Waals surface area contributed by atoms with Gasteiger partial charge in [0.25, 0.3) is 0 Å². The fraction of sp³-hybridized carbons (Fsp3) is 0.636. The smallest absolute Gasteiger partial charge is 0.234 e. The monoisotopic (exact) mass is 259 g/mol. The summed E-state index contributed by atoms with van der Waals surface area (Å²) in [7, 11) is 1.63. The quantitative estimate of drug-likeness (QED) is 0.759. The number of halogens is 1. The van der Waals surface area contributed by atoms with Crippen LogP contribution in [0.4, 0.5) is 5.82 Å². The highest BCUT2D eigenvalue weighted by molar-refractivity contribution is 6.18. The zero-order valence-corrected chi connectivity index (χ0v) is 11.1. The molecule has 0 bridgehead atoms. The summed E-state index contributed by atoms with van der Waals surface area (Å²) in [5.41, 5.74) is 0. The first-order valence-corrected chi connectivity index (χ1v) is 5.99. The van der Waals surface area contributed by atoms with Gasteiger partial charge in [0.2, 0.25) is 5.88 Å². The SMILES string of the molecule is COCC(CCl)Nc1cncc(OC(C)C)n1. The molecule has 96 valence electrons.